The maximum atomic E-state index is 13.7. The van der Waals surface area contributed by atoms with Crippen LogP contribution in [0.3, 0.4) is 0 Å². The summed E-state index contributed by atoms with van der Waals surface area (Å²) in [7, 11) is -4.78. The minimum Gasteiger partial charge on any atom is -0.387 e. The highest BCUT2D eigenvalue weighted by Crippen LogP contribution is 2.38. The van der Waals surface area contributed by atoms with Gasteiger partial charge < -0.3 is 30.5 Å². The predicted octanol–water partition coefficient (Wildman–Crippen LogP) is -1.72. The predicted molar refractivity (Wildman–Crippen MR) is 73.6 cm³/mol. The normalized spacial score (nSPS) is 27.9. The number of ether oxygens (including phenoxy) is 1. The zero-order chi connectivity index (χ0) is 17.6. The molecular formula is C10H13FN5O7P. The van der Waals surface area contributed by atoms with Gasteiger partial charge in [-0.2, -0.15) is 14.4 Å². The fraction of sp³-hybridized carbons (Fsp3) is 0.500. The smallest absolute Gasteiger partial charge is 0.387 e. The van der Waals surface area contributed by atoms with E-state index < -0.39 is 44.9 Å². The first-order valence-electron chi connectivity index (χ1n) is 6.54. The number of hydrogen-bond donors (Lipinski definition) is 5. The summed E-state index contributed by atoms with van der Waals surface area (Å²) in [5.74, 6) is -1.33. The number of aliphatic hydroxyl groups is 2. The molecule has 1 saturated heterocycles. The summed E-state index contributed by atoms with van der Waals surface area (Å²) in [6, 6.07) is 0. The Hall–Kier alpha value is -1.73. The lowest BCUT2D eigenvalue weighted by atomic mass is 10.1. The fourth-order valence-corrected chi connectivity index (χ4v) is 2.69. The molecule has 0 bridgehead atoms. The molecule has 0 aromatic carbocycles. The van der Waals surface area contributed by atoms with E-state index in [9.17, 15) is 19.2 Å². The number of nitrogens with two attached hydrogens (primary N) is 1. The summed E-state index contributed by atoms with van der Waals surface area (Å²) in [5, 5.41) is 20.0. The summed E-state index contributed by atoms with van der Waals surface area (Å²) >= 11 is 0. The van der Waals surface area contributed by atoms with Gasteiger partial charge in [-0.25, -0.2) is 9.55 Å². The monoisotopic (exact) mass is 365 g/mol. The summed E-state index contributed by atoms with van der Waals surface area (Å²) in [6.07, 6.45) is -4.40. The Morgan fingerprint density at radius 2 is 2.08 bits per heavy atom. The van der Waals surface area contributed by atoms with Crippen LogP contribution >= 0.6 is 7.82 Å². The van der Waals surface area contributed by atoms with Crippen molar-refractivity contribution < 1.29 is 38.2 Å². The molecule has 1 fully saturated rings. The molecule has 24 heavy (non-hydrogen) atoms. The second kappa shape index (κ2) is 5.97. The molecule has 14 heteroatoms. The van der Waals surface area contributed by atoms with E-state index in [1.54, 1.807) is 0 Å². The second-order valence-electron chi connectivity index (χ2n) is 5.03. The van der Waals surface area contributed by atoms with Crippen molar-refractivity contribution in [2.45, 2.75) is 24.5 Å². The number of aliphatic hydroxyl groups excluding tert-OH is 2. The molecule has 2 aromatic rings. The Morgan fingerprint density at radius 3 is 2.75 bits per heavy atom. The van der Waals surface area contributed by atoms with Gasteiger partial charge in [-0.15, -0.1) is 0 Å². The van der Waals surface area contributed by atoms with Gasteiger partial charge in [0.05, 0.1) is 12.9 Å². The number of halogens is 1. The Kier molecular flexibility index (Phi) is 4.25. The van der Waals surface area contributed by atoms with Crippen LogP contribution in [0.25, 0.3) is 11.2 Å². The maximum Gasteiger partial charge on any atom is 0.469 e. The average Bonchev–Trinajstić information content (AvgIpc) is 3.00. The van der Waals surface area contributed by atoms with Gasteiger partial charge in [0.15, 0.2) is 17.4 Å². The molecule has 12 nitrogen and oxygen atoms in total. The second-order valence-corrected chi connectivity index (χ2v) is 6.27. The van der Waals surface area contributed by atoms with E-state index in [4.69, 9.17) is 20.3 Å². The first-order valence-corrected chi connectivity index (χ1v) is 8.07. The number of phosphoric ester groups is 1. The van der Waals surface area contributed by atoms with E-state index >= 15 is 0 Å². The first-order chi connectivity index (χ1) is 11.2. The minimum absolute atomic E-state index is 0.0761. The van der Waals surface area contributed by atoms with Crippen LogP contribution in [0, 0.1) is 5.95 Å². The molecule has 2 aromatic heterocycles. The topological polar surface area (TPSA) is 186 Å². The van der Waals surface area contributed by atoms with Gasteiger partial charge in [0.2, 0.25) is 11.9 Å². The number of aromatic nitrogens is 4. The van der Waals surface area contributed by atoms with Gasteiger partial charge in [-0.05, 0) is 0 Å². The zero-order valence-electron chi connectivity index (χ0n) is 11.8. The van der Waals surface area contributed by atoms with Gasteiger partial charge in [0.1, 0.15) is 18.3 Å². The quantitative estimate of drug-likeness (QED) is 0.306. The van der Waals surface area contributed by atoms with E-state index in [-0.39, 0.29) is 17.1 Å². The molecule has 0 radical (unpaired) electrons. The van der Waals surface area contributed by atoms with Crippen LogP contribution in [0.4, 0.5) is 10.3 Å². The molecule has 1 aliphatic rings. The first kappa shape index (κ1) is 17.1. The maximum absolute atomic E-state index is 13.7. The van der Waals surface area contributed by atoms with Crippen molar-refractivity contribution in [3.05, 3.63) is 12.3 Å². The number of nitrogens with zero attached hydrogens (tertiary/aromatic N) is 4. The van der Waals surface area contributed by atoms with Crippen molar-refractivity contribution in [1.82, 2.24) is 19.5 Å². The SMILES string of the molecule is Nc1nc(F)c2ncn([C@@H]3O[C@H](COP(=O)(O)O)[C@@H](O)[C@@H]3O)c2n1. The zero-order valence-corrected chi connectivity index (χ0v) is 12.7. The molecular weight excluding hydrogens is 352 g/mol. The van der Waals surface area contributed by atoms with Crippen molar-refractivity contribution in [2.75, 3.05) is 12.3 Å². The van der Waals surface area contributed by atoms with Crippen LogP contribution in [0.1, 0.15) is 6.23 Å². The molecule has 1 aliphatic heterocycles. The third kappa shape index (κ3) is 3.10. The fourth-order valence-electron chi connectivity index (χ4n) is 2.35. The third-order valence-corrected chi connectivity index (χ3v) is 3.90. The highest BCUT2D eigenvalue weighted by atomic mass is 31.2. The molecule has 4 atom stereocenters. The Morgan fingerprint density at radius 1 is 1.38 bits per heavy atom. The molecule has 0 spiro atoms. The van der Waals surface area contributed by atoms with Crippen molar-refractivity contribution >= 4 is 24.9 Å². The van der Waals surface area contributed by atoms with Crippen LogP contribution in [0.15, 0.2) is 6.33 Å². The molecule has 0 saturated carbocycles. The molecule has 3 heterocycles. The van der Waals surface area contributed by atoms with Crippen LogP contribution in [0.2, 0.25) is 0 Å². The van der Waals surface area contributed by atoms with Gasteiger partial charge in [0.25, 0.3) is 0 Å². The summed E-state index contributed by atoms with van der Waals surface area (Å²) in [6.45, 7) is -0.670. The molecule has 6 N–H and O–H groups in total. The van der Waals surface area contributed by atoms with E-state index in [0.717, 1.165) is 10.9 Å². The minimum atomic E-state index is -4.78. The van der Waals surface area contributed by atoms with Crippen LogP contribution in [-0.4, -0.2) is 64.4 Å². The number of fused-ring (bicyclic) bond motifs is 1. The molecule has 3 rings (SSSR count). The number of rotatable bonds is 4. The average molecular weight is 365 g/mol. The lowest BCUT2D eigenvalue weighted by molar-refractivity contribution is -0.0504. The highest BCUT2D eigenvalue weighted by Gasteiger charge is 2.45. The number of phosphoric acid groups is 1. The summed E-state index contributed by atoms with van der Waals surface area (Å²) < 4.78 is 35.1. The summed E-state index contributed by atoms with van der Waals surface area (Å²) in [4.78, 5) is 28.2. The van der Waals surface area contributed by atoms with Crippen molar-refractivity contribution in [3.63, 3.8) is 0 Å². The van der Waals surface area contributed by atoms with E-state index in [0.29, 0.717) is 0 Å². The summed E-state index contributed by atoms with van der Waals surface area (Å²) in [5.41, 5.74) is 5.08. The largest absolute Gasteiger partial charge is 0.469 e. The lowest BCUT2D eigenvalue weighted by Crippen LogP contribution is -2.33. The van der Waals surface area contributed by atoms with E-state index in [1.807, 2.05) is 0 Å². The molecule has 0 aliphatic carbocycles. The van der Waals surface area contributed by atoms with Crippen molar-refractivity contribution in [2.24, 2.45) is 0 Å². The number of nitrogen functional groups attached to an aromatic ring is 1. The molecule has 0 unspecified atom stereocenters. The molecule has 0 amide bonds. The van der Waals surface area contributed by atoms with Gasteiger partial charge in [-0.3, -0.25) is 9.09 Å². The number of hydrogen-bond acceptors (Lipinski definition) is 9. The number of anilines is 1. The molecule has 132 valence electrons. The van der Waals surface area contributed by atoms with Crippen LogP contribution < -0.4 is 5.73 Å². The van der Waals surface area contributed by atoms with Gasteiger partial charge >= 0.3 is 7.82 Å². The van der Waals surface area contributed by atoms with Crippen molar-refractivity contribution in [1.29, 1.82) is 0 Å². The van der Waals surface area contributed by atoms with E-state index in [2.05, 4.69) is 19.5 Å². The Labute approximate surface area is 132 Å². The van der Waals surface area contributed by atoms with Gasteiger partial charge in [0, 0.05) is 0 Å². The van der Waals surface area contributed by atoms with Crippen LogP contribution in [0.5, 0.6) is 0 Å². The Bertz CT molecular complexity index is 812. The number of imidazole rings is 1. The van der Waals surface area contributed by atoms with Gasteiger partial charge in [-0.1, -0.05) is 0 Å². The lowest BCUT2D eigenvalue weighted by Gasteiger charge is -2.16. The highest BCUT2D eigenvalue weighted by molar-refractivity contribution is 7.46. The van der Waals surface area contributed by atoms with Crippen LogP contribution in [-0.2, 0) is 13.8 Å². The van der Waals surface area contributed by atoms with E-state index in [1.165, 1.54) is 0 Å². The Balaban J connectivity index is 1.89. The standard InChI is InChI=1S/C10H13FN5O7P/c11-7-4-8(15-10(12)14-7)16(2-13-4)9-6(18)5(17)3(23-9)1-22-24(19,20)21/h2-3,5-6,9,17-18H,1H2,(H2,12,14,15)(H2,19,20,21)/t3-,5-,6+,9-/m1/s1. The van der Waals surface area contributed by atoms with Crippen molar-refractivity contribution in [3.8, 4) is 0 Å². The third-order valence-electron chi connectivity index (χ3n) is 3.41.